The summed E-state index contributed by atoms with van der Waals surface area (Å²) < 4.78 is 18.1. The molecule has 0 aliphatic heterocycles. The zero-order chi connectivity index (χ0) is 21.1. The Morgan fingerprint density at radius 1 is 1.00 bits per heavy atom. The van der Waals surface area contributed by atoms with E-state index in [1.165, 1.54) is 25.5 Å². The number of amides is 1. The minimum absolute atomic E-state index is 0.256. The predicted molar refractivity (Wildman–Crippen MR) is 113 cm³/mol. The zero-order valence-corrected chi connectivity index (χ0v) is 17.4. The molecule has 0 unspecified atom stereocenters. The van der Waals surface area contributed by atoms with Gasteiger partial charge < -0.3 is 19.5 Å². The second-order valence-electron chi connectivity index (χ2n) is 7.04. The molecule has 156 valence electrons. The third kappa shape index (κ3) is 3.47. The van der Waals surface area contributed by atoms with E-state index in [0.29, 0.717) is 29.4 Å². The first kappa shape index (κ1) is 19.8. The molecule has 0 bridgehead atoms. The quantitative estimate of drug-likeness (QED) is 0.650. The summed E-state index contributed by atoms with van der Waals surface area (Å²) in [5, 5.41) is 7.78. The minimum Gasteiger partial charge on any atom is -0.493 e. The van der Waals surface area contributed by atoms with Crippen molar-refractivity contribution in [2.24, 2.45) is 0 Å². The number of fused-ring (bicyclic) bond motifs is 1. The molecule has 0 fully saturated rings. The average molecular weight is 407 g/mol. The van der Waals surface area contributed by atoms with Crippen LogP contribution in [0.25, 0.3) is 5.69 Å². The highest BCUT2D eigenvalue weighted by Crippen LogP contribution is 2.39. The first-order chi connectivity index (χ1) is 14.7. The number of hydrogen-bond donors (Lipinski definition) is 1. The van der Waals surface area contributed by atoms with Crippen LogP contribution < -0.4 is 19.5 Å². The van der Waals surface area contributed by atoms with Crippen LogP contribution in [0.4, 0.5) is 0 Å². The van der Waals surface area contributed by atoms with Crippen LogP contribution in [0.5, 0.6) is 17.2 Å². The molecular weight excluding hydrogens is 382 g/mol. The number of nitrogens with one attached hydrogen (secondary N) is 1. The highest BCUT2D eigenvalue weighted by Gasteiger charge is 2.25. The number of nitrogens with zero attached hydrogens (tertiary/aromatic N) is 2. The fourth-order valence-corrected chi connectivity index (χ4v) is 3.98. The molecule has 0 atom stereocenters. The first-order valence-corrected chi connectivity index (χ1v) is 9.90. The molecule has 1 amide bonds. The molecule has 1 aliphatic rings. The minimum atomic E-state index is -0.256. The molecule has 3 aromatic rings. The van der Waals surface area contributed by atoms with Crippen molar-refractivity contribution in [3.63, 3.8) is 0 Å². The van der Waals surface area contributed by atoms with Gasteiger partial charge >= 0.3 is 0 Å². The summed E-state index contributed by atoms with van der Waals surface area (Å²) in [6.07, 6.45) is 3.08. The van der Waals surface area contributed by atoms with Gasteiger partial charge in [-0.1, -0.05) is 18.2 Å². The number of hydrogen-bond acceptors (Lipinski definition) is 5. The lowest BCUT2D eigenvalue weighted by molar-refractivity contribution is 0.0946. The Labute approximate surface area is 175 Å². The molecule has 0 saturated carbocycles. The summed E-state index contributed by atoms with van der Waals surface area (Å²) in [5.41, 5.74) is 4.79. The van der Waals surface area contributed by atoms with E-state index < -0.39 is 0 Å². The van der Waals surface area contributed by atoms with Crippen LogP contribution in [0.2, 0.25) is 0 Å². The maximum Gasteiger partial charge on any atom is 0.255 e. The molecule has 7 nitrogen and oxygen atoms in total. The van der Waals surface area contributed by atoms with Gasteiger partial charge in [0.15, 0.2) is 11.5 Å². The molecule has 30 heavy (non-hydrogen) atoms. The number of rotatable bonds is 7. The van der Waals surface area contributed by atoms with Crippen molar-refractivity contribution in [3.05, 3.63) is 65.0 Å². The number of benzene rings is 2. The summed E-state index contributed by atoms with van der Waals surface area (Å²) >= 11 is 0. The maximum atomic E-state index is 12.9. The highest BCUT2D eigenvalue weighted by molar-refractivity contribution is 5.98. The first-order valence-electron chi connectivity index (χ1n) is 9.90. The molecule has 2 aromatic carbocycles. The van der Waals surface area contributed by atoms with E-state index in [0.717, 1.165) is 30.6 Å². The molecule has 0 radical (unpaired) electrons. The molecule has 0 saturated heterocycles. The normalized spacial score (nSPS) is 12.4. The van der Waals surface area contributed by atoms with E-state index in [2.05, 4.69) is 5.32 Å². The van der Waals surface area contributed by atoms with Gasteiger partial charge in [-0.05, 0) is 49.1 Å². The van der Waals surface area contributed by atoms with E-state index in [1.54, 1.807) is 19.2 Å². The van der Waals surface area contributed by atoms with Gasteiger partial charge in [-0.25, -0.2) is 4.68 Å². The Bertz CT molecular complexity index is 1060. The van der Waals surface area contributed by atoms with E-state index in [1.807, 2.05) is 35.0 Å². The predicted octanol–water partition coefficient (Wildman–Crippen LogP) is 3.32. The van der Waals surface area contributed by atoms with Gasteiger partial charge in [-0.15, -0.1) is 0 Å². The Morgan fingerprint density at radius 3 is 2.47 bits per heavy atom. The maximum absolute atomic E-state index is 12.9. The summed E-state index contributed by atoms with van der Waals surface area (Å²) in [6.45, 7) is 0.346. The summed E-state index contributed by atoms with van der Waals surface area (Å²) in [5.74, 6) is 0.982. The Kier molecular flexibility index (Phi) is 5.61. The second kappa shape index (κ2) is 8.49. The molecule has 1 aliphatic carbocycles. The van der Waals surface area contributed by atoms with Gasteiger partial charge in [0.05, 0.1) is 44.8 Å². The van der Waals surface area contributed by atoms with Gasteiger partial charge in [0.2, 0.25) is 5.75 Å². The van der Waals surface area contributed by atoms with Crippen LogP contribution in [0, 0.1) is 0 Å². The van der Waals surface area contributed by atoms with Crippen molar-refractivity contribution in [1.29, 1.82) is 0 Å². The smallest absolute Gasteiger partial charge is 0.255 e. The summed E-state index contributed by atoms with van der Waals surface area (Å²) in [6, 6.07) is 13.4. The number of carbonyl (C=O) groups is 1. The van der Waals surface area contributed by atoms with Crippen LogP contribution in [-0.4, -0.2) is 37.0 Å². The van der Waals surface area contributed by atoms with Crippen LogP contribution >= 0.6 is 0 Å². The lowest BCUT2D eigenvalue weighted by atomic mass is 10.1. The number of aromatic nitrogens is 2. The molecule has 0 spiro atoms. The Morgan fingerprint density at radius 2 is 1.77 bits per heavy atom. The topological polar surface area (TPSA) is 74.6 Å². The third-order valence-electron chi connectivity index (χ3n) is 5.38. The van der Waals surface area contributed by atoms with Gasteiger partial charge in [0, 0.05) is 5.69 Å². The molecule has 7 heteroatoms. The molecule has 4 rings (SSSR count). The van der Waals surface area contributed by atoms with E-state index in [-0.39, 0.29) is 5.91 Å². The van der Waals surface area contributed by atoms with Gasteiger partial charge in [0.25, 0.3) is 5.91 Å². The number of carbonyl (C=O) groups excluding carboxylic acids is 1. The molecule has 1 aromatic heterocycles. The zero-order valence-electron chi connectivity index (χ0n) is 17.4. The standard InChI is InChI=1S/C23H25N3O4/c1-28-20-13-12-17(21(29-2)22(20)30-3)23(27)24-14-18-16-10-7-11-19(16)26(25-18)15-8-5-4-6-9-15/h4-6,8-9,12-13H,7,10-11,14H2,1-3H3,(H,24,27). The number of para-hydroxylation sites is 1. The van der Waals surface area contributed by atoms with Gasteiger partial charge in [-0.3, -0.25) is 4.79 Å². The fraction of sp³-hybridized carbons (Fsp3) is 0.304. The van der Waals surface area contributed by atoms with Crippen molar-refractivity contribution in [3.8, 4) is 22.9 Å². The highest BCUT2D eigenvalue weighted by atomic mass is 16.5. The van der Waals surface area contributed by atoms with Crippen molar-refractivity contribution in [1.82, 2.24) is 15.1 Å². The number of methoxy groups -OCH3 is 3. The molecule has 1 heterocycles. The second-order valence-corrected chi connectivity index (χ2v) is 7.04. The summed E-state index contributed by atoms with van der Waals surface area (Å²) in [7, 11) is 4.56. The monoisotopic (exact) mass is 407 g/mol. The van der Waals surface area contributed by atoms with Crippen molar-refractivity contribution >= 4 is 5.91 Å². The largest absolute Gasteiger partial charge is 0.493 e. The van der Waals surface area contributed by atoms with E-state index in [9.17, 15) is 4.79 Å². The van der Waals surface area contributed by atoms with Crippen LogP contribution in [-0.2, 0) is 19.4 Å². The van der Waals surface area contributed by atoms with Gasteiger partial charge in [-0.2, -0.15) is 5.10 Å². The van der Waals surface area contributed by atoms with Crippen LogP contribution in [0.3, 0.4) is 0 Å². The van der Waals surface area contributed by atoms with E-state index >= 15 is 0 Å². The lowest BCUT2D eigenvalue weighted by Gasteiger charge is -2.15. The third-order valence-corrected chi connectivity index (χ3v) is 5.38. The summed E-state index contributed by atoms with van der Waals surface area (Å²) in [4.78, 5) is 12.9. The molecular formula is C23H25N3O4. The van der Waals surface area contributed by atoms with Crippen LogP contribution in [0.1, 0.15) is 33.7 Å². The van der Waals surface area contributed by atoms with Crippen molar-refractivity contribution < 1.29 is 19.0 Å². The molecule has 1 N–H and O–H groups in total. The van der Waals surface area contributed by atoms with Gasteiger partial charge in [0.1, 0.15) is 0 Å². The van der Waals surface area contributed by atoms with Crippen molar-refractivity contribution in [2.75, 3.05) is 21.3 Å². The Balaban J connectivity index is 1.58. The number of ether oxygens (including phenoxy) is 3. The average Bonchev–Trinajstić information content (AvgIpc) is 3.40. The Hall–Kier alpha value is -3.48. The lowest BCUT2D eigenvalue weighted by Crippen LogP contribution is -2.24. The van der Waals surface area contributed by atoms with Crippen LogP contribution in [0.15, 0.2) is 42.5 Å². The SMILES string of the molecule is COc1ccc(C(=O)NCc2nn(-c3ccccc3)c3c2CCC3)c(OC)c1OC. The van der Waals surface area contributed by atoms with Crippen molar-refractivity contribution in [2.45, 2.75) is 25.8 Å². The fourth-order valence-electron chi connectivity index (χ4n) is 3.98. The van der Waals surface area contributed by atoms with E-state index in [4.69, 9.17) is 19.3 Å².